The molecule has 0 radical (unpaired) electrons. The van der Waals surface area contributed by atoms with Gasteiger partial charge in [0, 0.05) is 54.5 Å². The highest BCUT2D eigenvalue weighted by Gasteiger charge is 2.50. The van der Waals surface area contributed by atoms with Crippen molar-refractivity contribution in [2.75, 3.05) is 37.7 Å². The number of anilines is 1. The Labute approximate surface area is 273 Å². The predicted molar refractivity (Wildman–Crippen MR) is 172 cm³/mol. The van der Waals surface area contributed by atoms with Gasteiger partial charge in [0.15, 0.2) is 5.82 Å². The van der Waals surface area contributed by atoms with Crippen molar-refractivity contribution in [1.82, 2.24) is 20.2 Å². The van der Waals surface area contributed by atoms with Gasteiger partial charge in [0.05, 0.1) is 16.6 Å². The van der Waals surface area contributed by atoms with E-state index in [4.69, 9.17) is 16.1 Å². The molecule has 8 rings (SSSR count). The van der Waals surface area contributed by atoms with E-state index in [1.54, 1.807) is 6.07 Å². The van der Waals surface area contributed by atoms with Crippen molar-refractivity contribution in [1.29, 1.82) is 0 Å². The minimum absolute atomic E-state index is 0.0111. The van der Waals surface area contributed by atoms with Crippen LogP contribution >= 0.6 is 0 Å². The van der Waals surface area contributed by atoms with E-state index >= 15 is 4.39 Å². The minimum Gasteiger partial charge on any atom is -0.508 e. The molecule has 4 fully saturated rings. The largest absolute Gasteiger partial charge is 0.508 e. The van der Waals surface area contributed by atoms with Crippen molar-refractivity contribution in [3.8, 4) is 35.2 Å². The van der Waals surface area contributed by atoms with Gasteiger partial charge >= 0.3 is 6.01 Å². The molecular weight excluding hydrogens is 629 g/mol. The molecule has 3 aromatic carbocycles. The van der Waals surface area contributed by atoms with E-state index in [2.05, 4.69) is 21.1 Å². The van der Waals surface area contributed by atoms with E-state index in [1.165, 1.54) is 30.3 Å². The quantitative estimate of drug-likeness (QED) is 0.182. The van der Waals surface area contributed by atoms with Gasteiger partial charge < -0.3 is 20.1 Å². The highest BCUT2D eigenvalue weighted by atomic mass is 19.3. The van der Waals surface area contributed by atoms with Gasteiger partial charge in [-0.3, -0.25) is 4.90 Å². The topological polar surface area (TPSA) is 73.8 Å². The number of phenolic OH excluding ortho intramolecular Hbond substituents is 1. The molecule has 4 aliphatic rings. The van der Waals surface area contributed by atoms with Gasteiger partial charge in [-0.15, -0.1) is 6.42 Å². The van der Waals surface area contributed by atoms with Crippen molar-refractivity contribution in [3.63, 3.8) is 0 Å². The minimum atomic E-state index is -1.79. The number of rotatable bonds is 6. The van der Waals surface area contributed by atoms with E-state index in [0.29, 0.717) is 48.9 Å². The standard InChI is InChI=1S/C36H32F5N5O2/c1-2-24-28(38)7-4-20-12-23(47)13-27(30(20)24)25-5-6-26-32(31(25)41)42-34(48-19-36-9-3-11-46(36)16-21(37)14-36)43-33(26)45-17-22-8-10-35(18-45,44-22)15-29(39)40/h1,4-7,12-13,15,21-22,44,47H,3,8-11,14,16-19H2/t21-,22+,35+,36+/m1/s1. The molecule has 0 saturated carbocycles. The Morgan fingerprint density at radius 2 is 1.98 bits per heavy atom. The molecular formula is C36H32F5N5O2. The van der Waals surface area contributed by atoms with Gasteiger partial charge in [0.25, 0.3) is 6.08 Å². The SMILES string of the molecule is C#Cc1c(F)ccc2cc(O)cc(-c3ccc4c(N5C[C@@H]6CC[C@](C=C(F)F)(C5)N6)nc(OC[C@@]56CCCN5C[C@H](F)C6)nc4c3F)c12. The molecule has 48 heavy (non-hydrogen) atoms. The van der Waals surface area contributed by atoms with Crippen LogP contribution in [0.1, 0.15) is 37.7 Å². The average molecular weight is 662 g/mol. The number of aromatic nitrogens is 2. The van der Waals surface area contributed by atoms with Crippen LogP contribution in [0.25, 0.3) is 32.8 Å². The summed E-state index contributed by atoms with van der Waals surface area (Å²) in [5.41, 5.74) is -1.51. The number of aromatic hydroxyl groups is 1. The van der Waals surface area contributed by atoms with Crippen LogP contribution in [-0.2, 0) is 0 Å². The van der Waals surface area contributed by atoms with Crippen molar-refractivity contribution in [2.45, 2.75) is 55.4 Å². The second-order valence-corrected chi connectivity index (χ2v) is 13.5. The van der Waals surface area contributed by atoms with Gasteiger partial charge in [0.2, 0.25) is 0 Å². The Hall–Kier alpha value is -4.47. The smallest absolute Gasteiger partial charge is 0.319 e. The average Bonchev–Trinajstić information content (AvgIpc) is 3.67. The number of terminal acetylenes is 1. The van der Waals surface area contributed by atoms with Crippen LogP contribution in [0, 0.1) is 24.0 Å². The lowest BCUT2D eigenvalue weighted by Crippen LogP contribution is -2.59. The molecule has 2 bridgehead atoms. The predicted octanol–water partition coefficient (Wildman–Crippen LogP) is 6.46. The number of halogens is 5. The van der Waals surface area contributed by atoms with Crippen LogP contribution < -0.4 is 15.0 Å². The second-order valence-electron chi connectivity index (χ2n) is 13.5. The maximum atomic E-state index is 16.9. The maximum absolute atomic E-state index is 16.9. The van der Waals surface area contributed by atoms with Crippen LogP contribution in [0.3, 0.4) is 0 Å². The lowest BCUT2D eigenvalue weighted by atomic mass is 9.93. The number of ether oxygens (including phenoxy) is 1. The van der Waals surface area contributed by atoms with E-state index < -0.39 is 35.0 Å². The highest BCUT2D eigenvalue weighted by Crippen LogP contribution is 2.43. The molecule has 4 aromatic rings. The third kappa shape index (κ3) is 5.02. The zero-order chi connectivity index (χ0) is 33.4. The molecule has 0 spiro atoms. The molecule has 1 aromatic heterocycles. The summed E-state index contributed by atoms with van der Waals surface area (Å²) >= 11 is 0. The van der Waals surface area contributed by atoms with Crippen molar-refractivity contribution in [2.24, 2.45) is 0 Å². The molecule has 248 valence electrons. The zero-order valence-corrected chi connectivity index (χ0v) is 25.9. The Morgan fingerprint density at radius 1 is 1.12 bits per heavy atom. The summed E-state index contributed by atoms with van der Waals surface area (Å²) in [6.45, 7) is 1.77. The fourth-order valence-electron chi connectivity index (χ4n) is 8.51. The van der Waals surface area contributed by atoms with E-state index in [1.807, 2.05) is 4.90 Å². The van der Waals surface area contributed by atoms with E-state index in [-0.39, 0.29) is 58.5 Å². The van der Waals surface area contributed by atoms with Gasteiger partial charge in [0.1, 0.15) is 35.7 Å². The van der Waals surface area contributed by atoms with Crippen molar-refractivity contribution in [3.05, 3.63) is 65.8 Å². The summed E-state index contributed by atoms with van der Waals surface area (Å²) in [5.74, 6) is 1.05. The number of alkyl halides is 1. The van der Waals surface area contributed by atoms with Gasteiger partial charge in [-0.2, -0.15) is 18.7 Å². The first-order valence-electron chi connectivity index (χ1n) is 16.1. The molecule has 4 atom stereocenters. The van der Waals surface area contributed by atoms with Gasteiger partial charge in [-0.25, -0.2) is 13.2 Å². The van der Waals surface area contributed by atoms with E-state index in [9.17, 15) is 22.7 Å². The fraction of sp³-hybridized carbons (Fsp3) is 0.389. The lowest BCUT2D eigenvalue weighted by Gasteiger charge is -2.40. The summed E-state index contributed by atoms with van der Waals surface area (Å²) in [6, 6.07) is 8.29. The third-order valence-electron chi connectivity index (χ3n) is 10.5. The summed E-state index contributed by atoms with van der Waals surface area (Å²) in [7, 11) is 0. The number of phenols is 1. The number of hydrogen-bond donors (Lipinski definition) is 2. The fourth-order valence-corrected chi connectivity index (χ4v) is 8.51. The Bertz CT molecular complexity index is 2050. The van der Waals surface area contributed by atoms with Crippen molar-refractivity contribution >= 4 is 27.5 Å². The first kappa shape index (κ1) is 30.8. The molecule has 2 N–H and O–H groups in total. The summed E-state index contributed by atoms with van der Waals surface area (Å²) < 4.78 is 79.7. The normalized spacial score (nSPS) is 26.6. The highest BCUT2D eigenvalue weighted by molar-refractivity contribution is 6.04. The summed E-state index contributed by atoms with van der Waals surface area (Å²) in [5, 5.41) is 14.9. The number of nitrogens with zero attached hydrogens (tertiary/aromatic N) is 4. The molecule has 0 amide bonds. The molecule has 12 heteroatoms. The summed E-state index contributed by atoms with van der Waals surface area (Å²) in [4.78, 5) is 13.2. The van der Waals surface area contributed by atoms with E-state index in [0.717, 1.165) is 25.5 Å². The molecule has 4 saturated heterocycles. The van der Waals surface area contributed by atoms with Gasteiger partial charge in [-0.1, -0.05) is 18.1 Å². The molecule has 0 unspecified atom stereocenters. The number of fused-ring (bicyclic) bond motifs is 5. The Kier molecular flexibility index (Phi) is 7.27. The first-order valence-corrected chi connectivity index (χ1v) is 16.1. The van der Waals surface area contributed by atoms with Gasteiger partial charge in [-0.05, 0) is 67.4 Å². The summed E-state index contributed by atoms with van der Waals surface area (Å²) in [6.07, 6.45) is 6.98. The zero-order valence-electron chi connectivity index (χ0n) is 25.9. The monoisotopic (exact) mass is 661 g/mol. The van der Waals surface area contributed by atoms with Crippen LogP contribution in [0.2, 0.25) is 0 Å². The Balaban J connectivity index is 1.28. The number of benzene rings is 3. The molecule has 0 aliphatic carbocycles. The molecule has 7 nitrogen and oxygen atoms in total. The second kappa shape index (κ2) is 11.3. The molecule has 5 heterocycles. The van der Waals surface area contributed by atoms with Crippen molar-refractivity contribution < 1.29 is 31.8 Å². The van der Waals surface area contributed by atoms with Crippen LogP contribution in [0.5, 0.6) is 11.8 Å². The molecule has 4 aliphatic heterocycles. The lowest BCUT2D eigenvalue weighted by molar-refractivity contribution is 0.107. The number of hydrogen-bond acceptors (Lipinski definition) is 7. The first-order chi connectivity index (χ1) is 23.1. The maximum Gasteiger partial charge on any atom is 0.319 e. The van der Waals surface area contributed by atoms with Crippen LogP contribution in [0.4, 0.5) is 27.8 Å². The van der Waals surface area contributed by atoms with Crippen LogP contribution in [0.15, 0.2) is 48.6 Å². The third-order valence-corrected chi connectivity index (χ3v) is 10.5. The van der Waals surface area contributed by atoms with Crippen LogP contribution in [-0.4, -0.2) is 76.1 Å². The number of nitrogens with one attached hydrogen (secondary N) is 1. The number of piperazine rings is 1. The Morgan fingerprint density at radius 3 is 2.79 bits per heavy atom.